The number of aliphatic hydroxyl groups is 2. The van der Waals surface area contributed by atoms with E-state index < -0.39 is 6.10 Å². The molecule has 3 aliphatic rings. The first-order chi connectivity index (χ1) is 7.10. The number of hydrogen-bond acceptors (Lipinski definition) is 2. The van der Waals surface area contributed by atoms with Gasteiger partial charge in [0.2, 0.25) is 0 Å². The fourth-order valence-corrected chi connectivity index (χ4v) is 3.20. The molecule has 0 saturated carbocycles. The van der Waals surface area contributed by atoms with Gasteiger partial charge in [0.05, 0.1) is 25.4 Å². The van der Waals surface area contributed by atoms with Crippen molar-refractivity contribution in [1.82, 2.24) is 0 Å². The summed E-state index contributed by atoms with van der Waals surface area (Å²) in [6, 6.07) is 0. The molecule has 3 aliphatic heterocycles. The average molecular weight is 212 g/mol. The van der Waals surface area contributed by atoms with Crippen LogP contribution in [0, 0.1) is 5.92 Å². The molecule has 0 radical (unpaired) electrons. The number of rotatable bonds is 4. The van der Waals surface area contributed by atoms with Gasteiger partial charge in [0.1, 0.15) is 12.6 Å². The molecule has 3 fully saturated rings. The Morgan fingerprint density at radius 2 is 1.80 bits per heavy atom. The molecule has 15 heavy (non-hydrogen) atoms. The predicted octanol–water partition coefficient (Wildman–Crippen LogP) is 1.44. The maximum absolute atomic E-state index is 9.85. The molecule has 2 bridgehead atoms. The van der Waals surface area contributed by atoms with Gasteiger partial charge in [-0.3, -0.25) is 0 Å². The first kappa shape index (κ1) is 11.0. The first-order valence-electron chi connectivity index (χ1n) is 6.00. The topological polar surface area (TPSA) is 40.5 Å². The molecule has 0 aromatic carbocycles. The van der Waals surface area contributed by atoms with E-state index >= 15 is 0 Å². The van der Waals surface area contributed by atoms with Gasteiger partial charge in [0.25, 0.3) is 0 Å². The summed E-state index contributed by atoms with van der Waals surface area (Å²) in [5.41, 5.74) is 0. The lowest BCUT2D eigenvalue weighted by Gasteiger charge is -2.49. The minimum Gasteiger partial charge on any atom is -0.513 e. The Morgan fingerprint density at radius 1 is 1.27 bits per heavy atom. The molecule has 3 saturated heterocycles. The Balaban J connectivity index is 1.89. The van der Waals surface area contributed by atoms with Crippen LogP contribution in [0.2, 0.25) is 0 Å². The summed E-state index contributed by atoms with van der Waals surface area (Å²) >= 11 is 0. The van der Waals surface area contributed by atoms with E-state index in [2.05, 4.69) is 6.58 Å². The number of piperidine rings is 3. The fourth-order valence-electron chi connectivity index (χ4n) is 3.20. The van der Waals surface area contributed by atoms with E-state index in [9.17, 15) is 5.11 Å². The molecule has 1 unspecified atom stereocenters. The van der Waals surface area contributed by atoms with Gasteiger partial charge in [0, 0.05) is 6.42 Å². The third kappa shape index (κ3) is 2.52. The van der Waals surface area contributed by atoms with Crippen LogP contribution >= 0.6 is 0 Å². The summed E-state index contributed by atoms with van der Waals surface area (Å²) in [7, 11) is 0. The fraction of sp³-hybridized carbons (Fsp3) is 0.833. The summed E-state index contributed by atoms with van der Waals surface area (Å²) in [5.74, 6) is 1.06. The number of hydrogen-bond donors (Lipinski definition) is 2. The second-order valence-electron chi connectivity index (χ2n) is 5.35. The molecule has 3 heteroatoms. The van der Waals surface area contributed by atoms with Gasteiger partial charge in [-0.1, -0.05) is 6.58 Å². The van der Waals surface area contributed by atoms with Crippen LogP contribution in [0.5, 0.6) is 0 Å². The van der Waals surface area contributed by atoms with Crippen molar-refractivity contribution in [3.63, 3.8) is 0 Å². The quantitative estimate of drug-likeness (QED) is 0.547. The van der Waals surface area contributed by atoms with Crippen molar-refractivity contribution < 1.29 is 14.7 Å². The van der Waals surface area contributed by atoms with Crippen LogP contribution in [0.1, 0.15) is 25.7 Å². The van der Waals surface area contributed by atoms with Crippen molar-refractivity contribution in [2.24, 2.45) is 5.92 Å². The molecule has 0 amide bonds. The minimum atomic E-state index is -0.419. The van der Waals surface area contributed by atoms with Crippen molar-refractivity contribution >= 4 is 0 Å². The Kier molecular flexibility index (Phi) is 3.03. The van der Waals surface area contributed by atoms with Crippen molar-refractivity contribution in [2.75, 3.05) is 26.2 Å². The monoisotopic (exact) mass is 212 g/mol. The molecule has 86 valence electrons. The van der Waals surface area contributed by atoms with Crippen LogP contribution in [0.3, 0.4) is 0 Å². The summed E-state index contributed by atoms with van der Waals surface area (Å²) < 4.78 is 1.07. The molecule has 2 N–H and O–H groups in total. The largest absolute Gasteiger partial charge is 0.513 e. The second kappa shape index (κ2) is 4.14. The van der Waals surface area contributed by atoms with Gasteiger partial charge in [0.15, 0.2) is 0 Å². The Hall–Kier alpha value is -0.540. The highest BCUT2D eigenvalue weighted by Gasteiger charge is 2.40. The summed E-state index contributed by atoms with van der Waals surface area (Å²) in [6.07, 6.45) is 3.90. The van der Waals surface area contributed by atoms with Crippen molar-refractivity contribution in [2.45, 2.75) is 31.8 Å². The van der Waals surface area contributed by atoms with E-state index in [1.165, 1.54) is 38.9 Å². The van der Waals surface area contributed by atoms with Gasteiger partial charge in [-0.05, 0) is 25.2 Å². The molecule has 0 spiro atoms. The molecule has 3 heterocycles. The van der Waals surface area contributed by atoms with Crippen molar-refractivity contribution in [3.8, 4) is 0 Å². The number of quaternary nitrogens is 1. The highest BCUT2D eigenvalue weighted by molar-refractivity contribution is 4.83. The SMILES string of the molecule is C=C(O)CC(O)C[N+]12CCC(CC1)CC2. The van der Waals surface area contributed by atoms with E-state index in [0.717, 1.165) is 16.9 Å². The van der Waals surface area contributed by atoms with Crippen LogP contribution in [-0.4, -0.2) is 47.0 Å². The second-order valence-corrected chi connectivity index (χ2v) is 5.35. The number of nitrogens with zero attached hydrogens (tertiary/aromatic N) is 1. The van der Waals surface area contributed by atoms with Gasteiger partial charge in [-0.25, -0.2) is 0 Å². The molecular formula is C12H22NO2+. The summed E-state index contributed by atoms with van der Waals surface area (Å²) in [5, 5.41) is 18.9. The van der Waals surface area contributed by atoms with E-state index in [4.69, 9.17) is 5.11 Å². The van der Waals surface area contributed by atoms with Gasteiger partial charge >= 0.3 is 0 Å². The lowest BCUT2D eigenvalue weighted by Crippen LogP contribution is -2.60. The Labute approximate surface area is 91.6 Å². The predicted molar refractivity (Wildman–Crippen MR) is 59.5 cm³/mol. The lowest BCUT2D eigenvalue weighted by molar-refractivity contribution is -0.945. The smallest absolute Gasteiger partial charge is 0.110 e. The van der Waals surface area contributed by atoms with Crippen LogP contribution in [0.25, 0.3) is 0 Å². The maximum atomic E-state index is 9.85. The van der Waals surface area contributed by atoms with E-state index in [-0.39, 0.29) is 5.76 Å². The molecule has 0 aliphatic carbocycles. The zero-order valence-corrected chi connectivity index (χ0v) is 9.36. The highest BCUT2D eigenvalue weighted by atomic mass is 16.3. The van der Waals surface area contributed by atoms with Crippen molar-refractivity contribution in [1.29, 1.82) is 0 Å². The molecule has 3 nitrogen and oxygen atoms in total. The van der Waals surface area contributed by atoms with E-state index in [1.54, 1.807) is 0 Å². The third-order valence-electron chi connectivity index (χ3n) is 4.10. The maximum Gasteiger partial charge on any atom is 0.110 e. The first-order valence-corrected chi connectivity index (χ1v) is 6.00. The Bertz CT molecular complexity index is 230. The normalized spacial score (nSPS) is 36.5. The van der Waals surface area contributed by atoms with Gasteiger partial charge < -0.3 is 14.7 Å². The van der Waals surface area contributed by atoms with Crippen molar-refractivity contribution in [3.05, 3.63) is 12.3 Å². The van der Waals surface area contributed by atoms with Crippen LogP contribution in [0.15, 0.2) is 12.3 Å². The number of aliphatic hydroxyl groups excluding tert-OH is 2. The standard InChI is InChI=1S/C12H21NO2/c1-10(14)8-12(15)9-13-5-2-11(3-6-13)4-7-13/h11-12,15H,1-9H2/p+1. The average Bonchev–Trinajstić information content (AvgIpc) is 2.18. The molecule has 1 atom stereocenters. The highest BCUT2D eigenvalue weighted by Crippen LogP contribution is 2.33. The Morgan fingerprint density at radius 3 is 2.27 bits per heavy atom. The minimum absolute atomic E-state index is 0.104. The van der Waals surface area contributed by atoms with Gasteiger partial charge in [-0.15, -0.1) is 0 Å². The summed E-state index contributed by atoms with van der Waals surface area (Å²) in [6.45, 7) is 7.90. The molecule has 3 rings (SSSR count). The summed E-state index contributed by atoms with van der Waals surface area (Å²) in [4.78, 5) is 0. The van der Waals surface area contributed by atoms with Crippen LogP contribution in [0.4, 0.5) is 0 Å². The van der Waals surface area contributed by atoms with Crippen LogP contribution in [-0.2, 0) is 0 Å². The molecule has 0 aromatic heterocycles. The third-order valence-corrected chi connectivity index (χ3v) is 4.10. The lowest BCUT2D eigenvalue weighted by atomic mass is 9.85. The van der Waals surface area contributed by atoms with Gasteiger partial charge in [-0.2, -0.15) is 0 Å². The molecular weight excluding hydrogens is 190 g/mol. The molecule has 0 aromatic rings. The zero-order valence-electron chi connectivity index (χ0n) is 9.36. The zero-order chi connectivity index (χ0) is 10.9. The number of fused-ring (bicyclic) bond motifs is 3. The van der Waals surface area contributed by atoms with E-state index in [1.807, 2.05) is 0 Å². The van der Waals surface area contributed by atoms with E-state index in [0.29, 0.717) is 6.42 Å². The van der Waals surface area contributed by atoms with Crippen LogP contribution < -0.4 is 0 Å².